The van der Waals surface area contributed by atoms with Crippen molar-refractivity contribution in [3.8, 4) is 0 Å². The Morgan fingerprint density at radius 1 is 1.23 bits per heavy atom. The van der Waals surface area contributed by atoms with E-state index in [1.807, 2.05) is 12.1 Å². The van der Waals surface area contributed by atoms with Crippen molar-refractivity contribution in [1.29, 1.82) is 0 Å². The number of hydrogen-bond acceptors (Lipinski definition) is 1. The van der Waals surface area contributed by atoms with Crippen LogP contribution in [-0.2, 0) is 11.2 Å². The van der Waals surface area contributed by atoms with Crippen molar-refractivity contribution in [1.82, 2.24) is 0 Å². The maximum atomic E-state index is 11.3. The van der Waals surface area contributed by atoms with Gasteiger partial charge in [-0.1, -0.05) is 40.2 Å². The first kappa shape index (κ1) is 8.95. The Morgan fingerprint density at radius 3 is 2.85 bits per heavy atom. The topological polar surface area (TPSA) is 17.1 Å². The SMILES string of the molecule is O=C1CCc2ccccc2C(Br)C1. The third-order valence-corrected chi connectivity index (χ3v) is 3.29. The van der Waals surface area contributed by atoms with Crippen LogP contribution in [0.1, 0.15) is 28.8 Å². The van der Waals surface area contributed by atoms with Gasteiger partial charge in [-0.25, -0.2) is 0 Å². The fraction of sp³-hybridized carbons (Fsp3) is 0.364. The van der Waals surface area contributed by atoms with Crippen LogP contribution in [0.2, 0.25) is 0 Å². The molecule has 0 bridgehead atoms. The zero-order valence-corrected chi connectivity index (χ0v) is 8.88. The summed E-state index contributed by atoms with van der Waals surface area (Å²) in [5, 5.41) is 0. The van der Waals surface area contributed by atoms with Crippen molar-refractivity contribution in [2.24, 2.45) is 0 Å². The highest BCUT2D eigenvalue weighted by atomic mass is 79.9. The van der Waals surface area contributed by atoms with Crippen molar-refractivity contribution in [3.05, 3.63) is 35.4 Å². The third kappa shape index (κ3) is 1.83. The summed E-state index contributed by atoms with van der Waals surface area (Å²) < 4.78 is 0. The fourth-order valence-corrected chi connectivity index (χ4v) is 2.56. The number of carbonyl (C=O) groups is 1. The molecule has 0 saturated carbocycles. The predicted octanol–water partition coefficient (Wildman–Crippen LogP) is 3.03. The molecule has 0 aromatic heterocycles. The van der Waals surface area contributed by atoms with E-state index in [-0.39, 0.29) is 4.83 Å². The van der Waals surface area contributed by atoms with Crippen molar-refractivity contribution in [2.45, 2.75) is 24.1 Å². The van der Waals surface area contributed by atoms with Gasteiger partial charge in [0.2, 0.25) is 0 Å². The molecule has 0 heterocycles. The van der Waals surface area contributed by atoms with Gasteiger partial charge in [-0.15, -0.1) is 0 Å². The zero-order chi connectivity index (χ0) is 9.26. The van der Waals surface area contributed by atoms with E-state index in [9.17, 15) is 4.79 Å². The molecule has 68 valence electrons. The van der Waals surface area contributed by atoms with Crippen molar-refractivity contribution in [3.63, 3.8) is 0 Å². The second-order valence-corrected chi connectivity index (χ2v) is 4.51. The quantitative estimate of drug-likeness (QED) is 0.502. The summed E-state index contributed by atoms with van der Waals surface area (Å²) >= 11 is 3.56. The van der Waals surface area contributed by atoms with Crippen LogP contribution >= 0.6 is 15.9 Å². The highest BCUT2D eigenvalue weighted by molar-refractivity contribution is 9.09. The first-order valence-electron chi connectivity index (χ1n) is 4.51. The highest BCUT2D eigenvalue weighted by Gasteiger charge is 2.19. The van der Waals surface area contributed by atoms with Gasteiger partial charge in [0.25, 0.3) is 0 Å². The molecule has 0 amide bonds. The minimum atomic E-state index is 0.221. The van der Waals surface area contributed by atoms with Crippen LogP contribution in [0, 0.1) is 0 Å². The van der Waals surface area contributed by atoms with Crippen molar-refractivity contribution < 1.29 is 4.79 Å². The number of hydrogen-bond donors (Lipinski definition) is 0. The van der Waals surface area contributed by atoms with Crippen molar-refractivity contribution in [2.75, 3.05) is 0 Å². The first-order chi connectivity index (χ1) is 6.27. The number of rotatable bonds is 0. The number of fused-ring (bicyclic) bond motifs is 1. The number of aryl methyl sites for hydroxylation is 1. The maximum absolute atomic E-state index is 11.3. The van der Waals surface area contributed by atoms with Gasteiger partial charge in [-0.3, -0.25) is 4.79 Å². The molecule has 1 aromatic rings. The Balaban J connectivity index is 2.40. The van der Waals surface area contributed by atoms with Gasteiger partial charge in [0.05, 0.1) is 0 Å². The number of halogens is 1. The first-order valence-corrected chi connectivity index (χ1v) is 5.42. The van der Waals surface area contributed by atoms with Crippen LogP contribution in [0.15, 0.2) is 24.3 Å². The number of carbonyl (C=O) groups excluding carboxylic acids is 1. The van der Waals surface area contributed by atoms with E-state index in [4.69, 9.17) is 0 Å². The number of benzene rings is 1. The lowest BCUT2D eigenvalue weighted by molar-refractivity contribution is -0.118. The largest absolute Gasteiger partial charge is 0.300 e. The zero-order valence-electron chi connectivity index (χ0n) is 7.29. The van der Waals surface area contributed by atoms with E-state index >= 15 is 0 Å². The lowest BCUT2D eigenvalue weighted by Gasteiger charge is -2.08. The molecule has 0 aliphatic heterocycles. The second kappa shape index (κ2) is 3.62. The van der Waals surface area contributed by atoms with Crippen LogP contribution in [0.4, 0.5) is 0 Å². The smallest absolute Gasteiger partial charge is 0.134 e. The summed E-state index contributed by atoms with van der Waals surface area (Å²) in [6.45, 7) is 0. The molecule has 1 nitrogen and oxygen atoms in total. The van der Waals surface area contributed by atoms with Gasteiger partial charge in [-0.05, 0) is 17.5 Å². The van der Waals surface area contributed by atoms with Gasteiger partial charge in [0.1, 0.15) is 5.78 Å². The summed E-state index contributed by atoms with van der Waals surface area (Å²) in [7, 11) is 0. The van der Waals surface area contributed by atoms with E-state index < -0.39 is 0 Å². The summed E-state index contributed by atoms with van der Waals surface area (Å²) in [4.78, 5) is 11.6. The molecule has 0 spiro atoms. The molecule has 1 atom stereocenters. The van der Waals surface area contributed by atoms with Crippen LogP contribution < -0.4 is 0 Å². The minimum absolute atomic E-state index is 0.221. The third-order valence-electron chi connectivity index (χ3n) is 2.47. The van der Waals surface area contributed by atoms with Gasteiger partial charge >= 0.3 is 0 Å². The Kier molecular flexibility index (Phi) is 2.49. The molecule has 1 aliphatic carbocycles. The molecule has 2 heteroatoms. The Morgan fingerprint density at radius 2 is 2.00 bits per heavy atom. The van der Waals surface area contributed by atoms with E-state index in [1.54, 1.807) is 0 Å². The van der Waals surface area contributed by atoms with Crippen molar-refractivity contribution >= 4 is 21.7 Å². The summed E-state index contributed by atoms with van der Waals surface area (Å²) in [6.07, 6.45) is 2.23. The Labute approximate surface area is 86.3 Å². The molecule has 0 saturated heterocycles. The maximum Gasteiger partial charge on any atom is 0.134 e. The van der Waals surface area contributed by atoms with Crippen LogP contribution in [0.25, 0.3) is 0 Å². The van der Waals surface area contributed by atoms with Crippen LogP contribution in [-0.4, -0.2) is 5.78 Å². The average Bonchev–Trinajstić information content (AvgIpc) is 2.27. The molecule has 1 aliphatic rings. The normalized spacial score (nSPS) is 22.2. The summed E-state index contributed by atoms with van der Waals surface area (Å²) in [5.74, 6) is 0.359. The van der Waals surface area contributed by atoms with E-state index in [2.05, 4.69) is 28.1 Å². The number of Topliss-reactive ketones (excluding diaryl/α,β-unsaturated/α-hetero) is 1. The fourth-order valence-electron chi connectivity index (χ4n) is 1.75. The lowest BCUT2D eigenvalue weighted by atomic mass is 10.0. The predicted molar refractivity (Wildman–Crippen MR) is 56.1 cm³/mol. The van der Waals surface area contributed by atoms with Gasteiger partial charge in [0.15, 0.2) is 0 Å². The minimum Gasteiger partial charge on any atom is -0.300 e. The van der Waals surface area contributed by atoms with Gasteiger partial charge < -0.3 is 0 Å². The Hall–Kier alpha value is -0.630. The highest BCUT2D eigenvalue weighted by Crippen LogP contribution is 2.33. The standard InChI is InChI=1S/C11H11BrO/c12-11-7-9(13)6-5-8-3-1-2-4-10(8)11/h1-4,11H,5-7H2. The average molecular weight is 239 g/mol. The second-order valence-electron chi connectivity index (χ2n) is 3.41. The van der Waals surface area contributed by atoms with E-state index in [0.717, 1.165) is 6.42 Å². The molecular formula is C11H11BrO. The van der Waals surface area contributed by atoms with E-state index in [0.29, 0.717) is 18.6 Å². The monoisotopic (exact) mass is 238 g/mol. The van der Waals surface area contributed by atoms with Crippen LogP contribution in [0.5, 0.6) is 0 Å². The molecule has 1 aromatic carbocycles. The molecule has 2 rings (SSSR count). The molecule has 1 unspecified atom stereocenters. The molecule has 0 radical (unpaired) electrons. The molecule has 0 N–H and O–H groups in total. The summed E-state index contributed by atoms with van der Waals surface area (Å²) in [5.41, 5.74) is 2.60. The lowest BCUT2D eigenvalue weighted by Crippen LogP contribution is -1.97. The van der Waals surface area contributed by atoms with Gasteiger partial charge in [0, 0.05) is 17.7 Å². The molecule has 13 heavy (non-hydrogen) atoms. The van der Waals surface area contributed by atoms with E-state index in [1.165, 1.54) is 11.1 Å². The number of ketones is 1. The number of alkyl halides is 1. The molecule has 0 fully saturated rings. The van der Waals surface area contributed by atoms with Gasteiger partial charge in [-0.2, -0.15) is 0 Å². The van der Waals surface area contributed by atoms with Crippen LogP contribution in [0.3, 0.4) is 0 Å². The molecular weight excluding hydrogens is 228 g/mol. The summed E-state index contributed by atoms with van der Waals surface area (Å²) in [6, 6.07) is 8.28. The Bertz CT molecular complexity index is 333.